The van der Waals surface area contributed by atoms with Crippen LogP contribution < -0.4 is 15.4 Å². The first-order valence-electron chi connectivity index (χ1n) is 7.75. The number of thiazole rings is 1. The van der Waals surface area contributed by atoms with Crippen molar-refractivity contribution in [3.05, 3.63) is 40.5 Å². The number of pyridine rings is 1. The van der Waals surface area contributed by atoms with Crippen LogP contribution in [0.5, 0.6) is 5.88 Å². The summed E-state index contributed by atoms with van der Waals surface area (Å²) in [7, 11) is 0. The molecule has 2 amide bonds. The van der Waals surface area contributed by atoms with E-state index in [2.05, 4.69) is 20.6 Å². The van der Waals surface area contributed by atoms with Crippen molar-refractivity contribution in [1.82, 2.24) is 20.6 Å². The standard InChI is InChI=1S/C16H22N4O2S/c1-3-9-22-14-12(6-5-7-17-14)11-19-16(21)20-13(4-2)15-18-8-10-23-15/h5-8,10,13H,3-4,9,11H2,1-2H3,(H2,19,20,21)/t13-/m0/s1. The van der Waals surface area contributed by atoms with Crippen molar-refractivity contribution in [2.45, 2.75) is 39.3 Å². The van der Waals surface area contributed by atoms with E-state index < -0.39 is 0 Å². The second kappa shape index (κ2) is 9.09. The van der Waals surface area contributed by atoms with Crippen LogP contribution in [-0.2, 0) is 6.54 Å². The van der Waals surface area contributed by atoms with Gasteiger partial charge in [-0.1, -0.05) is 19.9 Å². The number of hydrogen-bond acceptors (Lipinski definition) is 5. The predicted octanol–water partition coefficient (Wildman–Crippen LogP) is 3.28. The first kappa shape index (κ1) is 17.2. The number of aromatic nitrogens is 2. The van der Waals surface area contributed by atoms with Crippen molar-refractivity contribution in [2.75, 3.05) is 6.61 Å². The Kier molecular flexibility index (Phi) is 6.80. The van der Waals surface area contributed by atoms with Crippen molar-refractivity contribution < 1.29 is 9.53 Å². The van der Waals surface area contributed by atoms with Crippen LogP contribution >= 0.6 is 11.3 Å². The van der Waals surface area contributed by atoms with Crippen LogP contribution in [0.2, 0.25) is 0 Å². The molecule has 2 aromatic heterocycles. The van der Waals surface area contributed by atoms with Crippen molar-refractivity contribution in [3.8, 4) is 5.88 Å². The highest BCUT2D eigenvalue weighted by molar-refractivity contribution is 7.09. The maximum absolute atomic E-state index is 12.1. The molecule has 2 heterocycles. The smallest absolute Gasteiger partial charge is 0.315 e. The third-order valence-electron chi connectivity index (χ3n) is 3.20. The highest BCUT2D eigenvalue weighted by atomic mass is 32.1. The van der Waals surface area contributed by atoms with Gasteiger partial charge in [0.2, 0.25) is 5.88 Å². The maximum Gasteiger partial charge on any atom is 0.315 e. The van der Waals surface area contributed by atoms with E-state index >= 15 is 0 Å². The zero-order valence-electron chi connectivity index (χ0n) is 13.4. The Morgan fingerprint density at radius 1 is 1.35 bits per heavy atom. The van der Waals surface area contributed by atoms with Crippen molar-refractivity contribution >= 4 is 17.4 Å². The highest BCUT2D eigenvalue weighted by Crippen LogP contribution is 2.18. The van der Waals surface area contributed by atoms with Crippen LogP contribution in [0, 0.1) is 0 Å². The van der Waals surface area contributed by atoms with Crippen LogP contribution in [0.3, 0.4) is 0 Å². The summed E-state index contributed by atoms with van der Waals surface area (Å²) in [6, 6.07) is 3.44. The summed E-state index contributed by atoms with van der Waals surface area (Å²) in [5, 5.41) is 8.61. The summed E-state index contributed by atoms with van der Waals surface area (Å²) >= 11 is 1.54. The summed E-state index contributed by atoms with van der Waals surface area (Å²) < 4.78 is 5.59. The van der Waals surface area contributed by atoms with Gasteiger partial charge in [0, 0.05) is 29.9 Å². The molecule has 0 aliphatic carbocycles. The van der Waals surface area contributed by atoms with Gasteiger partial charge < -0.3 is 15.4 Å². The minimum atomic E-state index is -0.225. The zero-order chi connectivity index (χ0) is 16.5. The molecule has 0 aliphatic heterocycles. The Hall–Kier alpha value is -2.15. The Balaban J connectivity index is 1.89. The Morgan fingerprint density at radius 2 is 2.22 bits per heavy atom. The molecule has 0 bridgehead atoms. The molecular formula is C16H22N4O2S. The Morgan fingerprint density at radius 3 is 2.91 bits per heavy atom. The summed E-state index contributed by atoms with van der Waals surface area (Å²) in [4.78, 5) is 20.6. The lowest BCUT2D eigenvalue weighted by Gasteiger charge is -2.16. The SMILES string of the molecule is CCCOc1ncccc1CNC(=O)N[C@@H](CC)c1nccs1. The largest absolute Gasteiger partial charge is 0.477 e. The Labute approximate surface area is 140 Å². The van der Waals surface area contributed by atoms with Gasteiger partial charge in [-0.15, -0.1) is 11.3 Å². The van der Waals surface area contributed by atoms with E-state index in [0.29, 0.717) is 19.0 Å². The third-order valence-corrected chi connectivity index (χ3v) is 4.08. The first-order chi connectivity index (χ1) is 11.2. The normalized spacial score (nSPS) is 11.7. The number of urea groups is 1. The predicted molar refractivity (Wildman–Crippen MR) is 90.5 cm³/mol. The van der Waals surface area contributed by atoms with Gasteiger partial charge >= 0.3 is 6.03 Å². The van der Waals surface area contributed by atoms with Gasteiger partial charge in [0.25, 0.3) is 0 Å². The monoisotopic (exact) mass is 334 g/mol. The van der Waals surface area contributed by atoms with Crippen molar-refractivity contribution in [3.63, 3.8) is 0 Å². The molecule has 124 valence electrons. The van der Waals surface area contributed by atoms with E-state index in [1.807, 2.05) is 31.4 Å². The molecule has 2 rings (SSSR count). The molecule has 2 N–H and O–H groups in total. The number of nitrogens with zero attached hydrogens (tertiary/aromatic N) is 2. The van der Waals surface area contributed by atoms with E-state index in [9.17, 15) is 4.79 Å². The molecule has 0 fully saturated rings. The molecule has 7 heteroatoms. The molecule has 0 spiro atoms. The maximum atomic E-state index is 12.1. The second-order valence-electron chi connectivity index (χ2n) is 4.97. The van der Waals surface area contributed by atoms with E-state index in [4.69, 9.17) is 4.74 Å². The average Bonchev–Trinajstić information content (AvgIpc) is 3.11. The fraction of sp³-hybridized carbons (Fsp3) is 0.438. The molecule has 1 atom stereocenters. The number of rotatable bonds is 8. The number of nitrogens with one attached hydrogen (secondary N) is 2. The fourth-order valence-electron chi connectivity index (χ4n) is 2.02. The van der Waals surface area contributed by atoms with Gasteiger partial charge in [0.1, 0.15) is 5.01 Å². The lowest BCUT2D eigenvalue weighted by Crippen LogP contribution is -2.37. The van der Waals surface area contributed by atoms with Crippen molar-refractivity contribution in [2.24, 2.45) is 0 Å². The minimum Gasteiger partial charge on any atom is -0.477 e. The molecule has 0 radical (unpaired) electrons. The molecule has 0 aromatic carbocycles. The molecule has 0 aliphatic rings. The van der Waals surface area contributed by atoms with Crippen LogP contribution in [0.25, 0.3) is 0 Å². The number of ether oxygens (including phenoxy) is 1. The molecule has 0 unspecified atom stereocenters. The van der Waals surface area contributed by atoms with Crippen LogP contribution in [-0.4, -0.2) is 22.6 Å². The lowest BCUT2D eigenvalue weighted by molar-refractivity contribution is 0.236. The molecule has 2 aromatic rings. The number of hydrogen-bond donors (Lipinski definition) is 2. The van der Waals surface area contributed by atoms with E-state index in [-0.39, 0.29) is 12.1 Å². The van der Waals surface area contributed by atoms with Gasteiger partial charge in [-0.2, -0.15) is 0 Å². The molecular weight excluding hydrogens is 312 g/mol. The van der Waals surface area contributed by atoms with Gasteiger partial charge in [-0.3, -0.25) is 0 Å². The number of carbonyl (C=O) groups excluding carboxylic acids is 1. The van der Waals surface area contributed by atoms with E-state index in [0.717, 1.165) is 23.4 Å². The molecule has 23 heavy (non-hydrogen) atoms. The van der Waals surface area contributed by atoms with Crippen molar-refractivity contribution in [1.29, 1.82) is 0 Å². The second-order valence-corrected chi connectivity index (χ2v) is 5.90. The number of amides is 2. The summed E-state index contributed by atoms with van der Waals surface area (Å²) in [6.07, 6.45) is 5.13. The molecule has 0 saturated carbocycles. The van der Waals surface area contributed by atoms with Crippen LogP contribution in [0.15, 0.2) is 29.9 Å². The van der Waals surface area contributed by atoms with Gasteiger partial charge in [-0.25, -0.2) is 14.8 Å². The lowest BCUT2D eigenvalue weighted by atomic mass is 10.2. The highest BCUT2D eigenvalue weighted by Gasteiger charge is 2.15. The minimum absolute atomic E-state index is 0.0697. The summed E-state index contributed by atoms with van der Waals surface area (Å²) in [6.45, 7) is 5.03. The first-order valence-corrected chi connectivity index (χ1v) is 8.63. The van der Waals surface area contributed by atoms with Crippen LogP contribution in [0.1, 0.15) is 43.3 Å². The average molecular weight is 334 g/mol. The summed E-state index contributed by atoms with van der Waals surface area (Å²) in [5.74, 6) is 0.571. The topological polar surface area (TPSA) is 76.1 Å². The number of carbonyl (C=O) groups is 1. The third kappa shape index (κ3) is 5.21. The van der Waals surface area contributed by atoms with E-state index in [1.165, 1.54) is 11.3 Å². The Bertz CT molecular complexity index is 604. The van der Waals surface area contributed by atoms with Gasteiger partial charge in [-0.05, 0) is 18.9 Å². The quantitative estimate of drug-likeness (QED) is 0.777. The van der Waals surface area contributed by atoms with E-state index in [1.54, 1.807) is 12.4 Å². The molecule has 6 nitrogen and oxygen atoms in total. The van der Waals surface area contributed by atoms with Crippen LogP contribution in [0.4, 0.5) is 4.79 Å². The fourth-order valence-corrected chi connectivity index (χ4v) is 2.79. The molecule has 0 saturated heterocycles. The summed E-state index contributed by atoms with van der Waals surface area (Å²) in [5.41, 5.74) is 0.860. The zero-order valence-corrected chi connectivity index (χ0v) is 14.2. The van der Waals surface area contributed by atoms with Gasteiger partial charge in [0.15, 0.2) is 0 Å². The van der Waals surface area contributed by atoms with Gasteiger partial charge in [0.05, 0.1) is 12.6 Å².